The normalized spacial score (nSPS) is 19.1. The van der Waals surface area contributed by atoms with Crippen molar-refractivity contribution in [1.82, 2.24) is 9.78 Å². The van der Waals surface area contributed by atoms with E-state index in [9.17, 15) is 4.79 Å². The van der Waals surface area contributed by atoms with Crippen LogP contribution in [0, 0.1) is 6.92 Å². The number of hydrogen-bond acceptors (Lipinski definition) is 4. The van der Waals surface area contributed by atoms with Crippen LogP contribution in [0.3, 0.4) is 0 Å². The van der Waals surface area contributed by atoms with Crippen LogP contribution in [0.25, 0.3) is 5.69 Å². The molecule has 1 aliphatic heterocycles. The number of carbonyl (C=O) groups is 1. The van der Waals surface area contributed by atoms with Crippen LogP contribution in [0.4, 0.5) is 5.82 Å². The van der Waals surface area contributed by atoms with Gasteiger partial charge in [-0.05, 0) is 43.7 Å². The second-order valence-corrected chi connectivity index (χ2v) is 7.97. The summed E-state index contributed by atoms with van der Waals surface area (Å²) in [6.45, 7) is 3.94. The molecule has 2 atom stereocenters. The molecule has 0 fully saturated rings. The predicted molar refractivity (Wildman–Crippen MR) is 109 cm³/mol. The Labute approximate surface area is 162 Å². The van der Waals surface area contributed by atoms with Crippen molar-refractivity contribution >= 4 is 23.5 Å². The predicted octanol–water partition coefficient (Wildman–Crippen LogP) is 4.35. The number of fused-ring (bicyclic) bond motifs is 1. The molecule has 0 aliphatic carbocycles. The number of methoxy groups -OCH3 is 1. The number of carbonyl (C=O) groups excluding carboxylic acids is 1. The number of aryl methyl sites for hydroxylation is 1. The van der Waals surface area contributed by atoms with Crippen LogP contribution in [0.5, 0.6) is 5.75 Å². The first-order valence-corrected chi connectivity index (χ1v) is 9.78. The molecule has 1 amide bonds. The lowest BCUT2D eigenvalue weighted by Crippen LogP contribution is -2.22. The van der Waals surface area contributed by atoms with E-state index >= 15 is 0 Å². The Bertz CT molecular complexity index is 967. The van der Waals surface area contributed by atoms with Crippen molar-refractivity contribution in [1.29, 1.82) is 0 Å². The van der Waals surface area contributed by atoms with Gasteiger partial charge in [0.1, 0.15) is 11.6 Å². The van der Waals surface area contributed by atoms with E-state index in [1.54, 1.807) is 18.9 Å². The van der Waals surface area contributed by atoms with Gasteiger partial charge in [0.05, 0.1) is 29.0 Å². The standard InChI is InChI=1S/C21H21N3O2S/c1-13-18-19(15-7-5-4-6-8-15)27-14(2)21(25)22-20(18)24(23-13)16-9-11-17(26-3)12-10-16/h4-12,14,19H,1-3H3,(H,22,25)/t14-,19-/m1/s1. The van der Waals surface area contributed by atoms with E-state index in [0.717, 1.165) is 28.5 Å². The summed E-state index contributed by atoms with van der Waals surface area (Å²) >= 11 is 1.65. The summed E-state index contributed by atoms with van der Waals surface area (Å²) in [6, 6.07) is 17.9. The second-order valence-electron chi connectivity index (χ2n) is 6.52. The molecule has 0 bridgehead atoms. The number of thioether (sulfide) groups is 1. The molecular weight excluding hydrogens is 358 g/mol. The van der Waals surface area contributed by atoms with Crippen molar-refractivity contribution in [2.75, 3.05) is 12.4 Å². The molecule has 1 aromatic heterocycles. The number of aromatic nitrogens is 2. The molecule has 0 unspecified atom stereocenters. The van der Waals surface area contributed by atoms with Crippen LogP contribution < -0.4 is 10.1 Å². The minimum atomic E-state index is -0.161. The fourth-order valence-corrected chi connectivity index (χ4v) is 4.63. The van der Waals surface area contributed by atoms with Crippen LogP contribution in [-0.4, -0.2) is 28.0 Å². The minimum Gasteiger partial charge on any atom is -0.497 e. The van der Waals surface area contributed by atoms with E-state index in [4.69, 9.17) is 9.84 Å². The third kappa shape index (κ3) is 3.21. The Balaban J connectivity index is 1.87. The van der Waals surface area contributed by atoms with Crippen LogP contribution in [0.15, 0.2) is 54.6 Å². The minimum absolute atomic E-state index is 0.00524. The van der Waals surface area contributed by atoms with Gasteiger partial charge in [0.2, 0.25) is 5.91 Å². The molecular formula is C21H21N3O2S. The van der Waals surface area contributed by atoms with Crippen LogP contribution in [-0.2, 0) is 4.79 Å². The summed E-state index contributed by atoms with van der Waals surface area (Å²) in [6.07, 6.45) is 0. The molecule has 4 rings (SSSR count). The highest BCUT2D eigenvalue weighted by Crippen LogP contribution is 2.45. The summed E-state index contributed by atoms with van der Waals surface area (Å²) < 4.78 is 7.06. The molecule has 0 radical (unpaired) electrons. The molecule has 0 spiro atoms. The number of nitrogens with one attached hydrogen (secondary N) is 1. The maximum absolute atomic E-state index is 12.7. The zero-order chi connectivity index (χ0) is 19.0. The van der Waals surface area contributed by atoms with E-state index in [1.807, 2.05) is 61.0 Å². The number of anilines is 1. The van der Waals surface area contributed by atoms with Gasteiger partial charge in [-0.1, -0.05) is 30.3 Å². The summed E-state index contributed by atoms with van der Waals surface area (Å²) in [5, 5.41) is 7.72. The number of hydrogen-bond donors (Lipinski definition) is 1. The second kappa shape index (κ2) is 7.12. The maximum atomic E-state index is 12.7. The Morgan fingerprint density at radius 3 is 2.48 bits per heavy atom. The average molecular weight is 379 g/mol. The third-order valence-electron chi connectivity index (χ3n) is 4.74. The summed E-state index contributed by atoms with van der Waals surface area (Å²) in [5.41, 5.74) is 4.02. The lowest BCUT2D eigenvalue weighted by molar-refractivity contribution is -0.115. The van der Waals surface area contributed by atoms with Gasteiger partial charge in [0.25, 0.3) is 0 Å². The lowest BCUT2D eigenvalue weighted by atomic mass is 10.0. The van der Waals surface area contributed by atoms with E-state index in [1.165, 1.54) is 5.56 Å². The lowest BCUT2D eigenvalue weighted by Gasteiger charge is -2.17. The summed E-state index contributed by atoms with van der Waals surface area (Å²) in [5.74, 6) is 1.52. The SMILES string of the molecule is COc1ccc(-n2nc(C)c3c2NC(=O)[C@@H](C)S[C@@H]3c2ccccc2)cc1. The van der Waals surface area contributed by atoms with Crippen molar-refractivity contribution in [2.24, 2.45) is 0 Å². The maximum Gasteiger partial charge on any atom is 0.238 e. The topological polar surface area (TPSA) is 56.1 Å². The highest BCUT2D eigenvalue weighted by atomic mass is 32.2. The molecule has 2 heterocycles. The van der Waals surface area contributed by atoms with E-state index in [2.05, 4.69) is 17.4 Å². The zero-order valence-electron chi connectivity index (χ0n) is 15.5. The number of rotatable bonds is 3. The molecule has 27 heavy (non-hydrogen) atoms. The van der Waals surface area contributed by atoms with Gasteiger partial charge in [-0.3, -0.25) is 4.79 Å². The van der Waals surface area contributed by atoms with Gasteiger partial charge in [-0.25, -0.2) is 4.68 Å². The smallest absolute Gasteiger partial charge is 0.238 e. The fourth-order valence-electron chi connectivity index (χ4n) is 3.31. The van der Waals surface area contributed by atoms with Crippen molar-refractivity contribution in [3.05, 3.63) is 71.4 Å². The highest BCUT2D eigenvalue weighted by molar-refractivity contribution is 8.01. The molecule has 2 aromatic carbocycles. The van der Waals surface area contributed by atoms with Crippen molar-refractivity contribution in [2.45, 2.75) is 24.3 Å². The third-order valence-corrected chi connectivity index (χ3v) is 6.14. The van der Waals surface area contributed by atoms with E-state index < -0.39 is 0 Å². The molecule has 1 N–H and O–H groups in total. The Kier molecular flexibility index (Phi) is 4.66. The van der Waals surface area contributed by atoms with Gasteiger partial charge in [0.15, 0.2) is 0 Å². The number of nitrogens with zero attached hydrogens (tertiary/aromatic N) is 2. The van der Waals surface area contributed by atoms with Crippen LogP contribution in [0.1, 0.15) is 29.0 Å². The molecule has 0 saturated heterocycles. The van der Waals surface area contributed by atoms with E-state index in [-0.39, 0.29) is 16.4 Å². The van der Waals surface area contributed by atoms with Gasteiger partial charge < -0.3 is 10.1 Å². The Hall–Kier alpha value is -2.73. The Morgan fingerprint density at radius 1 is 1.11 bits per heavy atom. The van der Waals surface area contributed by atoms with Gasteiger partial charge in [-0.2, -0.15) is 5.10 Å². The van der Waals surface area contributed by atoms with Gasteiger partial charge in [-0.15, -0.1) is 11.8 Å². The molecule has 138 valence electrons. The first-order valence-electron chi connectivity index (χ1n) is 8.83. The monoisotopic (exact) mass is 379 g/mol. The molecule has 0 saturated carbocycles. The fraction of sp³-hybridized carbons (Fsp3) is 0.238. The van der Waals surface area contributed by atoms with Crippen LogP contribution in [0.2, 0.25) is 0 Å². The van der Waals surface area contributed by atoms with Crippen molar-refractivity contribution in [3.63, 3.8) is 0 Å². The number of benzene rings is 2. The average Bonchev–Trinajstić information content (AvgIpc) is 2.95. The molecule has 1 aliphatic rings. The van der Waals surface area contributed by atoms with Gasteiger partial charge >= 0.3 is 0 Å². The summed E-state index contributed by atoms with van der Waals surface area (Å²) in [4.78, 5) is 12.7. The molecule has 6 heteroatoms. The number of ether oxygens (including phenoxy) is 1. The van der Waals surface area contributed by atoms with E-state index in [0.29, 0.717) is 0 Å². The first-order chi connectivity index (χ1) is 13.1. The zero-order valence-corrected chi connectivity index (χ0v) is 16.3. The number of amides is 1. The summed E-state index contributed by atoms with van der Waals surface area (Å²) in [7, 11) is 1.64. The first kappa shape index (κ1) is 17.7. The van der Waals surface area contributed by atoms with Crippen molar-refractivity contribution < 1.29 is 9.53 Å². The van der Waals surface area contributed by atoms with Crippen molar-refractivity contribution in [3.8, 4) is 11.4 Å². The Morgan fingerprint density at radius 2 is 1.81 bits per heavy atom. The largest absolute Gasteiger partial charge is 0.497 e. The molecule has 5 nitrogen and oxygen atoms in total. The quantitative estimate of drug-likeness (QED) is 0.735. The molecule has 3 aromatic rings. The van der Waals surface area contributed by atoms with Gasteiger partial charge in [0, 0.05) is 5.56 Å². The van der Waals surface area contributed by atoms with Crippen LogP contribution >= 0.6 is 11.8 Å². The highest BCUT2D eigenvalue weighted by Gasteiger charge is 2.33.